The zero-order chi connectivity index (χ0) is 17.9. The van der Waals surface area contributed by atoms with E-state index in [1.165, 1.54) is 24.7 Å². The molecule has 0 bridgehead atoms. The average Bonchev–Trinajstić information content (AvgIpc) is 3.06. The molecule has 2 aromatic rings. The Hall–Kier alpha value is -2.05. The Morgan fingerprint density at radius 2 is 1.88 bits per heavy atom. The maximum absolute atomic E-state index is 12.5. The summed E-state index contributed by atoms with van der Waals surface area (Å²) in [6.07, 6.45) is 3.41. The molecule has 0 saturated heterocycles. The first-order valence-electron chi connectivity index (χ1n) is 8.38. The first-order valence-corrected chi connectivity index (χ1v) is 9.87. The largest absolute Gasteiger partial charge is 0.495 e. The fourth-order valence-corrected chi connectivity index (χ4v) is 4.32. The molecule has 1 aliphatic rings. The smallest absolute Gasteiger partial charge is 0.244 e. The predicted octanol–water partition coefficient (Wildman–Crippen LogP) is 2.85. The topological polar surface area (TPSA) is 64.6 Å². The number of hydrogen-bond acceptors (Lipinski definition) is 4. The predicted molar refractivity (Wildman–Crippen MR) is 96.9 cm³/mol. The second-order valence-corrected chi connectivity index (χ2v) is 7.92. The first-order chi connectivity index (χ1) is 12.0. The van der Waals surface area contributed by atoms with Crippen LogP contribution in [0.2, 0.25) is 0 Å². The maximum atomic E-state index is 12.5. The Morgan fingerprint density at radius 1 is 1.08 bits per heavy atom. The molecule has 0 fully saturated rings. The maximum Gasteiger partial charge on any atom is 0.244 e. The Labute approximate surface area is 149 Å². The molecule has 0 radical (unpaired) electrons. The van der Waals surface area contributed by atoms with Crippen LogP contribution in [0.15, 0.2) is 41.3 Å². The van der Waals surface area contributed by atoms with Gasteiger partial charge in [0.25, 0.3) is 0 Å². The van der Waals surface area contributed by atoms with Crippen LogP contribution in [0.25, 0.3) is 0 Å². The third-order valence-electron chi connectivity index (χ3n) is 4.34. The normalized spacial score (nSPS) is 13.5. The van der Waals surface area contributed by atoms with E-state index >= 15 is 0 Å². The van der Waals surface area contributed by atoms with Gasteiger partial charge in [-0.15, -0.1) is 0 Å². The lowest BCUT2D eigenvalue weighted by Gasteiger charge is -2.12. The minimum atomic E-state index is -3.64. The lowest BCUT2D eigenvalue weighted by Crippen LogP contribution is -2.28. The van der Waals surface area contributed by atoms with E-state index in [4.69, 9.17) is 9.47 Å². The van der Waals surface area contributed by atoms with Crippen LogP contribution in [0.1, 0.15) is 23.1 Å². The van der Waals surface area contributed by atoms with E-state index in [0.717, 1.165) is 24.2 Å². The van der Waals surface area contributed by atoms with Crippen molar-refractivity contribution < 1.29 is 17.9 Å². The molecule has 0 heterocycles. The third kappa shape index (κ3) is 4.14. The van der Waals surface area contributed by atoms with Gasteiger partial charge in [0.1, 0.15) is 23.0 Å². The van der Waals surface area contributed by atoms with Crippen LogP contribution in [0.5, 0.6) is 11.5 Å². The van der Waals surface area contributed by atoms with Crippen molar-refractivity contribution in [2.75, 3.05) is 20.3 Å². The zero-order valence-corrected chi connectivity index (χ0v) is 15.4. The SMILES string of the molecule is COc1ccc(C)cc1S(=O)(=O)NCCOc1ccc2c(c1)CCC2. The van der Waals surface area contributed by atoms with Crippen LogP contribution < -0.4 is 14.2 Å². The van der Waals surface area contributed by atoms with Crippen LogP contribution in [0.3, 0.4) is 0 Å². The van der Waals surface area contributed by atoms with Crippen LogP contribution in [-0.2, 0) is 22.9 Å². The molecule has 0 spiro atoms. The highest BCUT2D eigenvalue weighted by molar-refractivity contribution is 7.89. The van der Waals surface area contributed by atoms with Crippen molar-refractivity contribution in [1.82, 2.24) is 4.72 Å². The van der Waals surface area contributed by atoms with Gasteiger partial charge in [0, 0.05) is 6.54 Å². The second-order valence-electron chi connectivity index (χ2n) is 6.18. The van der Waals surface area contributed by atoms with Gasteiger partial charge >= 0.3 is 0 Å². The van der Waals surface area contributed by atoms with Gasteiger partial charge < -0.3 is 9.47 Å². The molecular formula is C19H23NO4S. The number of fused-ring (bicyclic) bond motifs is 1. The molecular weight excluding hydrogens is 338 g/mol. The van der Waals surface area contributed by atoms with Crippen molar-refractivity contribution >= 4 is 10.0 Å². The zero-order valence-electron chi connectivity index (χ0n) is 14.5. The minimum Gasteiger partial charge on any atom is -0.495 e. The molecule has 5 nitrogen and oxygen atoms in total. The summed E-state index contributed by atoms with van der Waals surface area (Å²) < 4.78 is 38.4. The summed E-state index contributed by atoms with van der Waals surface area (Å²) in [6.45, 7) is 2.30. The number of benzene rings is 2. The fourth-order valence-electron chi connectivity index (χ4n) is 3.05. The number of ether oxygens (including phenoxy) is 2. The van der Waals surface area contributed by atoms with Crippen LogP contribution >= 0.6 is 0 Å². The van der Waals surface area contributed by atoms with Gasteiger partial charge in [-0.1, -0.05) is 12.1 Å². The van der Waals surface area contributed by atoms with Crippen LogP contribution in [0.4, 0.5) is 0 Å². The van der Waals surface area contributed by atoms with Crippen molar-refractivity contribution in [3.63, 3.8) is 0 Å². The molecule has 1 aliphatic carbocycles. The molecule has 1 N–H and O–H groups in total. The van der Waals surface area contributed by atoms with Crippen molar-refractivity contribution in [1.29, 1.82) is 0 Å². The van der Waals surface area contributed by atoms with E-state index in [2.05, 4.69) is 16.9 Å². The molecule has 0 saturated carbocycles. The van der Waals surface area contributed by atoms with Gasteiger partial charge in [-0.25, -0.2) is 13.1 Å². The Kier molecular flexibility index (Phi) is 5.30. The molecule has 0 unspecified atom stereocenters. The van der Waals surface area contributed by atoms with E-state index in [-0.39, 0.29) is 18.0 Å². The fraction of sp³-hybridized carbons (Fsp3) is 0.368. The van der Waals surface area contributed by atoms with Crippen molar-refractivity contribution in [3.8, 4) is 11.5 Å². The van der Waals surface area contributed by atoms with Gasteiger partial charge in [0.05, 0.1) is 7.11 Å². The Bertz CT molecular complexity index is 862. The molecule has 0 amide bonds. The lowest BCUT2D eigenvalue weighted by atomic mass is 10.1. The lowest BCUT2D eigenvalue weighted by molar-refractivity contribution is 0.322. The van der Waals surface area contributed by atoms with Gasteiger partial charge in [-0.3, -0.25) is 0 Å². The highest BCUT2D eigenvalue weighted by Crippen LogP contribution is 2.26. The summed E-state index contributed by atoms with van der Waals surface area (Å²) in [5, 5.41) is 0. The van der Waals surface area contributed by atoms with Gasteiger partial charge in [0.2, 0.25) is 10.0 Å². The number of sulfonamides is 1. The molecule has 2 aromatic carbocycles. The highest BCUT2D eigenvalue weighted by Gasteiger charge is 2.19. The summed E-state index contributed by atoms with van der Waals surface area (Å²) in [6, 6.07) is 11.2. The van der Waals surface area contributed by atoms with Crippen molar-refractivity contribution in [2.45, 2.75) is 31.1 Å². The minimum absolute atomic E-state index is 0.146. The van der Waals surface area contributed by atoms with E-state index in [1.807, 2.05) is 19.1 Å². The molecule has 0 aliphatic heterocycles. The number of aryl methyl sites for hydroxylation is 3. The number of nitrogens with one attached hydrogen (secondary N) is 1. The van der Waals surface area contributed by atoms with E-state index < -0.39 is 10.0 Å². The summed E-state index contributed by atoms with van der Waals surface area (Å²) in [7, 11) is -2.19. The second kappa shape index (κ2) is 7.45. The summed E-state index contributed by atoms with van der Waals surface area (Å²) in [4.78, 5) is 0.146. The summed E-state index contributed by atoms with van der Waals surface area (Å²) in [5.41, 5.74) is 3.58. The van der Waals surface area contributed by atoms with Gasteiger partial charge in [-0.05, 0) is 67.1 Å². The van der Waals surface area contributed by atoms with Crippen molar-refractivity contribution in [2.24, 2.45) is 0 Å². The van der Waals surface area contributed by atoms with Crippen molar-refractivity contribution in [3.05, 3.63) is 53.1 Å². The standard InChI is InChI=1S/C19H23NO4S/c1-14-6-9-18(23-2)19(12-14)25(21,22)20-10-11-24-17-8-7-15-4-3-5-16(15)13-17/h6-9,12-13,20H,3-5,10-11H2,1-2H3. The molecule has 3 rings (SSSR count). The van der Waals surface area contributed by atoms with E-state index in [0.29, 0.717) is 5.75 Å². The number of hydrogen-bond donors (Lipinski definition) is 1. The monoisotopic (exact) mass is 361 g/mol. The van der Waals surface area contributed by atoms with Gasteiger partial charge in [0.15, 0.2) is 0 Å². The van der Waals surface area contributed by atoms with Gasteiger partial charge in [-0.2, -0.15) is 0 Å². The first kappa shape index (κ1) is 17.8. The number of rotatable bonds is 7. The Morgan fingerprint density at radius 3 is 2.68 bits per heavy atom. The van der Waals surface area contributed by atoms with Crippen LogP contribution in [-0.4, -0.2) is 28.7 Å². The molecule has 134 valence electrons. The Balaban J connectivity index is 1.59. The van der Waals surface area contributed by atoms with Crippen LogP contribution in [0, 0.1) is 6.92 Å². The summed E-state index contributed by atoms with van der Waals surface area (Å²) >= 11 is 0. The summed E-state index contributed by atoms with van der Waals surface area (Å²) in [5.74, 6) is 1.12. The number of methoxy groups -OCH3 is 1. The molecule has 6 heteroatoms. The average molecular weight is 361 g/mol. The van der Waals surface area contributed by atoms with E-state index in [1.54, 1.807) is 12.1 Å². The quantitative estimate of drug-likeness (QED) is 0.770. The van der Waals surface area contributed by atoms with E-state index in [9.17, 15) is 8.42 Å². The molecule has 25 heavy (non-hydrogen) atoms. The molecule has 0 atom stereocenters. The highest BCUT2D eigenvalue weighted by atomic mass is 32.2. The molecule has 0 aromatic heterocycles. The third-order valence-corrected chi connectivity index (χ3v) is 5.82.